The van der Waals surface area contributed by atoms with E-state index in [-0.39, 0.29) is 0 Å². The zero-order chi connectivity index (χ0) is 20.9. The van der Waals surface area contributed by atoms with Crippen molar-refractivity contribution < 1.29 is 18.7 Å². The fraction of sp³-hybridized carbons (Fsp3) is 0.429. The van der Waals surface area contributed by atoms with Crippen LogP contribution in [0.3, 0.4) is 0 Å². The highest BCUT2D eigenvalue weighted by molar-refractivity contribution is 7.09. The van der Waals surface area contributed by atoms with Crippen LogP contribution in [0.25, 0.3) is 11.4 Å². The molecule has 0 aliphatic carbocycles. The summed E-state index contributed by atoms with van der Waals surface area (Å²) in [6, 6.07) is 7.95. The first-order valence-corrected chi connectivity index (χ1v) is 10.7. The number of benzene rings is 1. The molecular formula is C21H26N4O4S. The van der Waals surface area contributed by atoms with Crippen LogP contribution in [0.2, 0.25) is 0 Å². The minimum Gasteiger partial charge on any atom is -0.493 e. The molecule has 3 heterocycles. The Morgan fingerprint density at radius 2 is 1.67 bits per heavy atom. The molecular weight excluding hydrogens is 404 g/mol. The summed E-state index contributed by atoms with van der Waals surface area (Å²) in [6.07, 6.45) is 0. The number of piperazine rings is 1. The summed E-state index contributed by atoms with van der Waals surface area (Å²) >= 11 is 1.81. The largest absolute Gasteiger partial charge is 0.493 e. The monoisotopic (exact) mass is 430 g/mol. The Labute approximate surface area is 180 Å². The quantitative estimate of drug-likeness (QED) is 0.540. The molecule has 0 radical (unpaired) electrons. The van der Waals surface area contributed by atoms with Gasteiger partial charge in [-0.15, -0.1) is 11.3 Å². The summed E-state index contributed by atoms with van der Waals surface area (Å²) in [4.78, 5) is 10.8. The lowest BCUT2D eigenvalue weighted by Crippen LogP contribution is -2.45. The summed E-state index contributed by atoms with van der Waals surface area (Å²) in [7, 11) is 4.74. The van der Waals surface area contributed by atoms with Gasteiger partial charge in [-0.05, 0) is 23.6 Å². The van der Waals surface area contributed by atoms with Crippen LogP contribution < -0.4 is 14.2 Å². The third kappa shape index (κ3) is 4.43. The highest BCUT2D eigenvalue weighted by Gasteiger charge is 2.23. The van der Waals surface area contributed by atoms with Crippen LogP contribution in [0.4, 0.5) is 0 Å². The summed E-state index contributed by atoms with van der Waals surface area (Å²) in [5.74, 6) is 2.67. The van der Waals surface area contributed by atoms with Gasteiger partial charge < -0.3 is 18.7 Å². The van der Waals surface area contributed by atoms with Crippen LogP contribution in [0.1, 0.15) is 10.8 Å². The van der Waals surface area contributed by atoms with Gasteiger partial charge in [0.1, 0.15) is 0 Å². The second kappa shape index (κ2) is 9.46. The molecule has 0 bridgehead atoms. The maximum absolute atomic E-state index is 5.54. The first kappa shape index (κ1) is 20.6. The van der Waals surface area contributed by atoms with E-state index < -0.39 is 0 Å². The molecule has 8 nitrogen and oxygen atoms in total. The number of nitrogens with zero attached hydrogens (tertiary/aromatic N) is 4. The zero-order valence-corrected chi connectivity index (χ0v) is 18.3. The van der Waals surface area contributed by atoms with Gasteiger partial charge in [0.25, 0.3) is 0 Å². The molecule has 1 fully saturated rings. The lowest BCUT2D eigenvalue weighted by atomic mass is 10.1. The molecule has 1 aliphatic rings. The van der Waals surface area contributed by atoms with Crippen molar-refractivity contribution in [3.63, 3.8) is 0 Å². The fourth-order valence-corrected chi connectivity index (χ4v) is 4.37. The number of hydrogen-bond donors (Lipinski definition) is 0. The van der Waals surface area contributed by atoms with E-state index in [9.17, 15) is 0 Å². The zero-order valence-electron chi connectivity index (χ0n) is 17.5. The van der Waals surface area contributed by atoms with Crippen molar-refractivity contribution >= 4 is 11.3 Å². The average molecular weight is 431 g/mol. The third-order valence-corrected chi connectivity index (χ3v) is 6.06. The number of hydrogen-bond acceptors (Lipinski definition) is 9. The maximum atomic E-state index is 5.54. The number of thiophene rings is 1. The second-order valence-corrected chi connectivity index (χ2v) is 8.06. The Morgan fingerprint density at radius 1 is 0.933 bits per heavy atom. The minimum absolute atomic E-state index is 0.471. The fourth-order valence-electron chi connectivity index (χ4n) is 3.63. The van der Waals surface area contributed by atoms with E-state index >= 15 is 0 Å². The van der Waals surface area contributed by atoms with Gasteiger partial charge in [-0.3, -0.25) is 9.80 Å². The first-order valence-electron chi connectivity index (χ1n) is 9.80. The van der Waals surface area contributed by atoms with E-state index in [1.807, 2.05) is 17.4 Å². The molecule has 1 aromatic carbocycles. The number of ether oxygens (including phenoxy) is 3. The molecule has 0 saturated carbocycles. The van der Waals surface area contributed by atoms with Crippen molar-refractivity contribution in [3.8, 4) is 28.6 Å². The predicted octanol–water partition coefficient (Wildman–Crippen LogP) is 3.14. The summed E-state index contributed by atoms with van der Waals surface area (Å²) in [5.41, 5.74) is 0.700. The van der Waals surface area contributed by atoms with Crippen LogP contribution in [0.15, 0.2) is 34.2 Å². The molecule has 4 rings (SSSR count). The van der Waals surface area contributed by atoms with Crippen LogP contribution in [0, 0.1) is 0 Å². The molecule has 1 aliphatic heterocycles. The van der Waals surface area contributed by atoms with E-state index in [1.165, 1.54) is 4.88 Å². The highest BCUT2D eigenvalue weighted by Crippen LogP contribution is 2.43. The van der Waals surface area contributed by atoms with Crippen molar-refractivity contribution in [1.29, 1.82) is 0 Å². The minimum atomic E-state index is 0.471. The van der Waals surface area contributed by atoms with Gasteiger partial charge in [0.05, 0.1) is 33.4 Å². The van der Waals surface area contributed by atoms with Crippen LogP contribution >= 0.6 is 11.3 Å². The van der Waals surface area contributed by atoms with Gasteiger partial charge in [0.15, 0.2) is 11.5 Å². The molecule has 30 heavy (non-hydrogen) atoms. The Hall–Kier alpha value is -2.62. The Morgan fingerprint density at radius 3 is 2.30 bits per heavy atom. The van der Waals surface area contributed by atoms with Crippen molar-refractivity contribution in [1.82, 2.24) is 19.9 Å². The van der Waals surface area contributed by atoms with Crippen molar-refractivity contribution in [3.05, 3.63) is 40.4 Å². The third-order valence-electron chi connectivity index (χ3n) is 5.20. The van der Waals surface area contributed by atoms with Crippen molar-refractivity contribution in [2.24, 2.45) is 0 Å². The van der Waals surface area contributed by atoms with Crippen LogP contribution in [0.5, 0.6) is 17.2 Å². The molecule has 0 spiro atoms. The topological polar surface area (TPSA) is 73.1 Å². The Balaban J connectivity index is 1.40. The molecule has 0 unspecified atom stereocenters. The van der Waals surface area contributed by atoms with E-state index in [2.05, 4.69) is 37.5 Å². The summed E-state index contributed by atoms with van der Waals surface area (Å²) in [6.45, 7) is 5.67. The molecule has 3 aromatic rings. The van der Waals surface area contributed by atoms with E-state index in [4.69, 9.17) is 18.7 Å². The van der Waals surface area contributed by atoms with Crippen LogP contribution in [-0.2, 0) is 13.1 Å². The number of aromatic nitrogens is 2. The maximum Gasteiger partial charge on any atom is 0.241 e. The lowest BCUT2D eigenvalue weighted by molar-refractivity contribution is 0.113. The molecule has 0 amide bonds. The predicted molar refractivity (Wildman–Crippen MR) is 114 cm³/mol. The molecule has 9 heteroatoms. The van der Waals surface area contributed by atoms with Gasteiger partial charge >= 0.3 is 0 Å². The van der Waals surface area contributed by atoms with Gasteiger partial charge in [0, 0.05) is 37.6 Å². The molecule has 0 atom stereocenters. The Kier molecular flexibility index (Phi) is 6.51. The lowest BCUT2D eigenvalue weighted by Gasteiger charge is -2.33. The van der Waals surface area contributed by atoms with E-state index in [0.29, 0.717) is 41.1 Å². The van der Waals surface area contributed by atoms with Gasteiger partial charge in [-0.2, -0.15) is 4.98 Å². The van der Waals surface area contributed by atoms with Gasteiger partial charge in [0.2, 0.25) is 17.5 Å². The highest BCUT2D eigenvalue weighted by atomic mass is 32.1. The van der Waals surface area contributed by atoms with E-state index in [1.54, 1.807) is 27.4 Å². The van der Waals surface area contributed by atoms with Gasteiger partial charge in [-0.1, -0.05) is 11.2 Å². The smallest absolute Gasteiger partial charge is 0.241 e. The molecule has 2 aromatic heterocycles. The normalized spacial score (nSPS) is 15.3. The average Bonchev–Trinajstić information content (AvgIpc) is 3.46. The van der Waals surface area contributed by atoms with Crippen molar-refractivity contribution in [2.75, 3.05) is 47.5 Å². The van der Waals surface area contributed by atoms with Crippen LogP contribution in [-0.4, -0.2) is 67.4 Å². The number of rotatable bonds is 8. The molecule has 0 N–H and O–H groups in total. The summed E-state index contributed by atoms with van der Waals surface area (Å²) in [5, 5.41) is 6.29. The second-order valence-electron chi connectivity index (χ2n) is 7.03. The standard InChI is InChI=1S/C21H26N4O4S/c1-26-17-7-6-16(19(27-2)20(17)28-3)21-22-18(29-23-21)14-25-10-8-24(9-11-25)13-15-5-4-12-30-15/h4-7,12H,8-11,13-14H2,1-3H3. The van der Waals surface area contributed by atoms with Crippen molar-refractivity contribution in [2.45, 2.75) is 13.1 Å². The Bertz CT molecular complexity index is 952. The molecule has 160 valence electrons. The first-order chi connectivity index (χ1) is 14.7. The number of methoxy groups -OCH3 is 3. The van der Waals surface area contributed by atoms with E-state index in [0.717, 1.165) is 32.7 Å². The molecule has 1 saturated heterocycles. The van der Waals surface area contributed by atoms with Gasteiger partial charge in [-0.25, -0.2) is 0 Å². The summed E-state index contributed by atoms with van der Waals surface area (Å²) < 4.78 is 21.8. The SMILES string of the molecule is COc1ccc(-c2noc(CN3CCN(Cc4cccs4)CC3)n2)c(OC)c1OC.